The monoisotopic (exact) mass is 311 g/mol. The molecule has 2 amide bonds. The summed E-state index contributed by atoms with van der Waals surface area (Å²) in [6.45, 7) is 5.82. The first kappa shape index (κ1) is 15.8. The molecule has 0 aliphatic heterocycles. The molecule has 0 bridgehead atoms. The molecular formula is C14H21N3O3S. The number of urea groups is 1. The summed E-state index contributed by atoms with van der Waals surface area (Å²) >= 11 is 1.38. The van der Waals surface area contributed by atoms with Gasteiger partial charge < -0.3 is 10.4 Å². The number of hydrogen-bond acceptors (Lipinski definition) is 4. The Hall–Kier alpha value is -1.63. The van der Waals surface area contributed by atoms with Crippen LogP contribution in [-0.2, 0) is 4.79 Å². The van der Waals surface area contributed by atoms with Crippen molar-refractivity contribution in [2.45, 2.75) is 52.0 Å². The largest absolute Gasteiger partial charge is 0.480 e. The Bertz CT molecular complexity index is 538. The predicted molar refractivity (Wildman–Crippen MR) is 81.7 cm³/mol. The van der Waals surface area contributed by atoms with E-state index in [0.29, 0.717) is 23.9 Å². The second kappa shape index (κ2) is 6.01. The molecule has 2 unspecified atom stereocenters. The number of carbonyl (C=O) groups is 2. The first-order valence-electron chi connectivity index (χ1n) is 7.09. The molecule has 0 radical (unpaired) electrons. The van der Waals surface area contributed by atoms with E-state index in [1.54, 1.807) is 0 Å². The minimum absolute atomic E-state index is 0.291. The highest BCUT2D eigenvalue weighted by Crippen LogP contribution is 2.32. The van der Waals surface area contributed by atoms with Crippen molar-refractivity contribution in [3.8, 4) is 0 Å². The zero-order valence-electron chi connectivity index (χ0n) is 12.5. The van der Waals surface area contributed by atoms with Gasteiger partial charge in [0.2, 0.25) is 0 Å². The molecule has 3 N–H and O–H groups in total. The summed E-state index contributed by atoms with van der Waals surface area (Å²) in [5.74, 6) is -0.671. The third-order valence-electron chi connectivity index (χ3n) is 4.01. The second-order valence-electron chi connectivity index (χ2n) is 5.83. The number of thiazole rings is 1. The summed E-state index contributed by atoms with van der Waals surface area (Å²) in [6.07, 6.45) is 2.74. The van der Waals surface area contributed by atoms with E-state index >= 15 is 0 Å². The molecule has 0 spiro atoms. The number of aryl methyl sites for hydroxylation is 2. The third kappa shape index (κ3) is 3.53. The van der Waals surface area contributed by atoms with Crippen LogP contribution >= 0.6 is 11.3 Å². The summed E-state index contributed by atoms with van der Waals surface area (Å²) < 4.78 is 0. The Morgan fingerprint density at radius 3 is 2.67 bits per heavy atom. The van der Waals surface area contributed by atoms with E-state index in [1.165, 1.54) is 11.3 Å². The van der Waals surface area contributed by atoms with Gasteiger partial charge >= 0.3 is 12.0 Å². The first-order valence-corrected chi connectivity index (χ1v) is 7.90. The van der Waals surface area contributed by atoms with Crippen molar-refractivity contribution in [1.82, 2.24) is 10.3 Å². The molecule has 0 saturated heterocycles. The molecule has 2 rings (SSSR count). The average Bonchev–Trinajstić information content (AvgIpc) is 2.67. The molecule has 1 aromatic heterocycles. The molecule has 1 fully saturated rings. The van der Waals surface area contributed by atoms with E-state index in [1.807, 2.05) is 20.8 Å². The lowest BCUT2D eigenvalue weighted by Gasteiger charge is -2.36. The SMILES string of the molecule is Cc1nc(NC(=O)NC2(C(=O)O)CCCC(C)C2)sc1C. The fourth-order valence-electron chi connectivity index (χ4n) is 2.78. The topological polar surface area (TPSA) is 91.3 Å². The number of carbonyl (C=O) groups excluding carboxylic acids is 1. The van der Waals surface area contributed by atoms with Crippen LogP contribution in [0.15, 0.2) is 0 Å². The van der Waals surface area contributed by atoms with E-state index in [0.717, 1.165) is 23.4 Å². The van der Waals surface area contributed by atoms with Crippen LogP contribution in [0.25, 0.3) is 0 Å². The number of carboxylic acid groups (broad SMARTS) is 1. The Morgan fingerprint density at radius 2 is 2.14 bits per heavy atom. The van der Waals surface area contributed by atoms with Crippen molar-refractivity contribution in [3.63, 3.8) is 0 Å². The molecule has 1 aliphatic carbocycles. The fourth-order valence-corrected chi connectivity index (χ4v) is 3.59. The predicted octanol–water partition coefficient (Wildman–Crippen LogP) is 2.91. The maximum absolute atomic E-state index is 12.1. The van der Waals surface area contributed by atoms with Crippen LogP contribution in [0.4, 0.5) is 9.93 Å². The fraction of sp³-hybridized carbons (Fsp3) is 0.643. The number of amides is 2. The average molecular weight is 311 g/mol. The Kier molecular flexibility index (Phi) is 4.51. The van der Waals surface area contributed by atoms with Gasteiger partial charge in [-0.05, 0) is 32.6 Å². The van der Waals surface area contributed by atoms with Crippen LogP contribution in [0.2, 0.25) is 0 Å². The molecular weight excluding hydrogens is 290 g/mol. The van der Waals surface area contributed by atoms with Crippen LogP contribution in [0.1, 0.15) is 43.2 Å². The van der Waals surface area contributed by atoms with Gasteiger partial charge in [0.25, 0.3) is 0 Å². The standard InChI is InChI=1S/C14H21N3O3S/c1-8-5-4-6-14(7-8,11(18)19)17-12(20)16-13-15-9(2)10(3)21-13/h8H,4-7H2,1-3H3,(H,18,19)(H2,15,16,17,20). The summed E-state index contributed by atoms with van der Waals surface area (Å²) in [7, 11) is 0. The van der Waals surface area contributed by atoms with Gasteiger partial charge in [-0.3, -0.25) is 5.32 Å². The minimum atomic E-state index is -1.16. The summed E-state index contributed by atoms with van der Waals surface area (Å²) in [5.41, 5.74) is -0.294. The lowest BCUT2D eigenvalue weighted by molar-refractivity contribution is -0.146. The van der Waals surface area contributed by atoms with Gasteiger partial charge in [0.1, 0.15) is 5.54 Å². The van der Waals surface area contributed by atoms with Gasteiger partial charge in [0.05, 0.1) is 5.69 Å². The number of hydrogen-bond donors (Lipinski definition) is 3. The number of nitrogens with one attached hydrogen (secondary N) is 2. The van der Waals surface area contributed by atoms with E-state index in [9.17, 15) is 14.7 Å². The van der Waals surface area contributed by atoms with Crippen molar-refractivity contribution in [1.29, 1.82) is 0 Å². The van der Waals surface area contributed by atoms with Crippen LogP contribution < -0.4 is 10.6 Å². The van der Waals surface area contributed by atoms with Gasteiger partial charge in [0, 0.05) is 4.88 Å². The molecule has 1 saturated carbocycles. The molecule has 7 heteroatoms. The van der Waals surface area contributed by atoms with Crippen LogP contribution in [0, 0.1) is 19.8 Å². The van der Waals surface area contributed by atoms with Gasteiger partial charge in [-0.15, -0.1) is 11.3 Å². The van der Waals surface area contributed by atoms with Gasteiger partial charge in [-0.1, -0.05) is 19.8 Å². The van der Waals surface area contributed by atoms with Crippen molar-refractivity contribution < 1.29 is 14.7 Å². The number of anilines is 1. The van der Waals surface area contributed by atoms with E-state index in [4.69, 9.17) is 0 Å². The third-order valence-corrected chi connectivity index (χ3v) is 5.00. The van der Waals surface area contributed by atoms with Crippen LogP contribution in [0.3, 0.4) is 0 Å². The van der Waals surface area contributed by atoms with Crippen molar-refractivity contribution in [2.24, 2.45) is 5.92 Å². The molecule has 1 aliphatic rings. The second-order valence-corrected chi connectivity index (χ2v) is 7.03. The maximum atomic E-state index is 12.1. The number of aromatic nitrogens is 1. The summed E-state index contributed by atoms with van der Waals surface area (Å²) in [6, 6.07) is -0.500. The molecule has 1 aromatic rings. The normalized spacial score (nSPS) is 25.4. The molecule has 2 atom stereocenters. The van der Waals surface area contributed by atoms with Crippen LogP contribution in [-0.4, -0.2) is 27.6 Å². The highest BCUT2D eigenvalue weighted by atomic mass is 32.1. The summed E-state index contributed by atoms with van der Waals surface area (Å²) in [4.78, 5) is 29.0. The van der Waals surface area contributed by atoms with E-state index < -0.39 is 17.5 Å². The highest BCUT2D eigenvalue weighted by molar-refractivity contribution is 7.15. The molecule has 0 aromatic carbocycles. The van der Waals surface area contributed by atoms with Crippen molar-refractivity contribution in [3.05, 3.63) is 10.6 Å². The number of aliphatic carboxylic acids is 1. The highest BCUT2D eigenvalue weighted by Gasteiger charge is 2.43. The molecule has 21 heavy (non-hydrogen) atoms. The lowest BCUT2D eigenvalue weighted by atomic mass is 9.76. The smallest absolute Gasteiger partial charge is 0.329 e. The first-order chi connectivity index (χ1) is 9.82. The van der Waals surface area contributed by atoms with Crippen molar-refractivity contribution in [2.75, 3.05) is 5.32 Å². The van der Waals surface area contributed by atoms with Gasteiger partial charge in [-0.25, -0.2) is 14.6 Å². The molecule has 6 nitrogen and oxygen atoms in total. The summed E-state index contributed by atoms with van der Waals surface area (Å²) in [5, 5.41) is 15.3. The molecule has 116 valence electrons. The lowest BCUT2D eigenvalue weighted by Crippen LogP contribution is -2.57. The number of nitrogens with zero attached hydrogens (tertiary/aromatic N) is 1. The minimum Gasteiger partial charge on any atom is -0.480 e. The van der Waals surface area contributed by atoms with Crippen LogP contribution in [0.5, 0.6) is 0 Å². The zero-order valence-corrected chi connectivity index (χ0v) is 13.3. The Labute approximate surface area is 128 Å². The van der Waals surface area contributed by atoms with Gasteiger partial charge in [-0.2, -0.15) is 0 Å². The number of rotatable bonds is 3. The van der Waals surface area contributed by atoms with E-state index in [2.05, 4.69) is 15.6 Å². The quantitative estimate of drug-likeness (QED) is 0.800. The zero-order chi connectivity index (χ0) is 15.6. The number of carboxylic acids is 1. The van der Waals surface area contributed by atoms with E-state index in [-0.39, 0.29) is 0 Å². The Morgan fingerprint density at radius 1 is 1.43 bits per heavy atom. The Balaban J connectivity index is 2.06. The van der Waals surface area contributed by atoms with Crippen molar-refractivity contribution >= 4 is 28.5 Å². The molecule has 1 heterocycles. The maximum Gasteiger partial charge on any atom is 0.329 e. The van der Waals surface area contributed by atoms with Gasteiger partial charge in [0.15, 0.2) is 5.13 Å².